The highest BCUT2D eigenvalue weighted by molar-refractivity contribution is 5.96. The first kappa shape index (κ1) is 16.6. The van der Waals surface area contributed by atoms with Crippen LogP contribution >= 0.6 is 0 Å². The fraction of sp³-hybridized carbons (Fsp3) is 0.176. The van der Waals surface area contributed by atoms with Crippen molar-refractivity contribution in [1.29, 1.82) is 0 Å². The Bertz CT molecular complexity index is 726. The zero-order valence-electron chi connectivity index (χ0n) is 12.3. The molecule has 0 aliphatic heterocycles. The van der Waals surface area contributed by atoms with Gasteiger partial charge in [-0.05, 0) is 24.6 Å². The number of halogens is 2. The fourth-order valence-corrected chi connectivity index (χ4v) is 2.20. The minimum Gasteiger partial charge on any atom is -0.480 e. The van der Waals surface area contributed by atoms with Crippen LogP contribution in [0.5, 0.6) is 0 Å². The van der Waals surface area contributed by atoms with Crippen LogP contribution in [0.25, 0.3) is 0 Å². The summed E-state index contributed by atoms with van der Waals surface area (Å²) in [5, 5.41) is 11.5. The van der Waals surface area contributed by atoms with Crippen molar-refractivity contribution in [3.63, 3.8) is 0 Å². The molecule has 0 aliphatic rings. The number of aryl methyl sites for hydroxylation is 1. The molecule has 0 aliphatic carbocycles. The highest BCUT2D eigenvalue weighted by Gasteiger charge is 2.21. The molecule has 120 valence electrons. The maximum atomic E-state index is 13.1. The molecule has 2 aromatic carbocycles. The molecule has 23 heavy (non-hydrogen) atoms. The number of hydrogen-bond donors (Lipinski definition) is 2. The van der Waals surface area contributed by atoms with Gasteiger partial charge in [0.15, 0.2) is 0 Å². The lowest BCUT2D eigenvalue weighted by Crippen LogP contribution is -2.42. The highest BCUT2D eigenvalue weighted by Crippen LogP contribution is 2.10. The molecule has 0 aromatic heterocycles. The molecule has 6 heteroatoms. The van der Waals surface area contributed by atoms with Crippen LogP contribution in [0, 0.1) is 18.6 Å². The summed E-state index contributed by atoms with van der Waals surface area (Å²) in [7, 11) is 0. The number of carboxylic acid groups (broad SMARTS) is 1. The molecule has 0 spiro atoms. The second-order valence-corrected chi connectivity index (χ2v) is 5.22. The van der Waals surface area contributed by atoms with E-state index in [0.29, 0.717) is 6.07 Å². The largest absolute Gasteiger partial charge is 0.480 e. The predicted octanol–water partition coefficient (Wildman–Crippen LogP) is 2.70. The third-order valence-electron chi connectivity index (χ3n) is 3.25. The van der Waals surface area contributed by atoms with Crippen molar-refractivity contribution in [3.8, 4) is 0 Å². The van der Waals surface area contributed by atoms with Crippen LogP contribution in [-0.4, -0.2) is 23.0 Å². The Labute approximate surface area is 131 Å². The molecular weight excluding hydrogens is 304 g/mol. The molecule has 2 aromatic rings. The molecule has 1 atom stereocenters. The Morgan fingerprint density at radius 3 is 2.35 bits per heavy atom. The second kappa shape index (κ2) is 7.00. The van der Waals surface area contributed by atoms with Gasteiger partial charge in [0.25, 0.3) is 5.91 Å². The minimum absolute atomic E-state index is 0.0700. The smallest absolute Gasteiger partial charge is 0.326 e. The van der Waals surface area contributed by atoms with Gasteiger partial charge in [-0.2, -0.15) is 0 Å². The van der Waals surface area contributed by atoms with Gasteiger partial charge in [-0.1, -0.05) is 29.8 Å². The van der Waals surface area contributed by atoms with Crippen molar-refractivity contribution in [2.75, 3.05) is 0 Å². The molecule has 0 fully saturated rings. The van der Waals surface area contributed by atoms with Gasteiger partial charge >= 0.3 is 5.97 Å². The number of carboxylic acids is 1. The van der Waals surface area contributed by atoms with E-state index in [9.17, 15) is 23.5 Å². The van der Waals surface area contributed by atoms with Gasteiger partial charge in [-0.25, -0.2) is 13.6 Å². The van der Waals surface area contributed by atoms with E-state index in [1.54, 1.807) is 12.1 Å². The summed E-state index contributed by atoms with van der Waals surface area (Å²) in [4.78, 5) is 23.3. The summed E-state index contributed by atoms with van der Waals surface area (Å²) >= 11 is 0. The van der Waals surface area contributed by atoms with Crippen LogP contribution < -0.4 is 5.32 Å². The maximum absolute atomic E-state index is 13.1. The molecule has 2 rings (SSSR count). The number of amides is 1. The molecular formula is C17H15F2NO3. The number of aliphatic carboxylic acids is 1. The van der Waals surface area contributed by atoms with Crippen LogP contribution in [0.3, 0.4) is 0 Å². The molecule has 0 saturated carbocycles. The van der Waals surface area contributed by atoms with E-state index in [-0.39, 0.29) is 12.0 Å². The van der Waals surface area contributed by atoms with Gasteiger partial charge in [0.05, 0.1) is 0 Å². The Kier molecular flexibility index (Phi) is 5.05. The number of hydrogen-bond acceptors (Lipinski definition) is 2. The van der Waals surface area contributed by atoms with Crippen molar-refractivity contribution in [2.45, 2.75) is 19.4 Å². The van der Waals surface area contributed by atoms with E-state index in [1.165, 1.54) is 0 Å². The van der Waals surface area contributed by atoms with Crippen molar-refractivity contribution >= 4 is 11.9 Å². The van der Waals surface area contributed by atoms with Gasteiger partial charge in [0, 0.05) is 18.1 Å². The molecule has 4 nitrogen and oxygen atoms in total. The van der Waals surface area contributed by atoms with Crippen LogP contribution in [0.2, 0.25) is 0 Å². The van der Waals surface area contributed by atoms with Gasteiger partial charge in [0.1, 0.15) is 17.7 Å². The summed E-state index contributed by atoms with van der Waals surface area (Å²) in [5.74, 6) is -3.87. The Morgan fingerprint density at radius 1 is 1.13 bits per heavy atom. The zero-order valence-corrected chi connectivity index (χ0v) is 12.3. The maximum Gasteiger partial charge on any atom is 0.326 e. The number of carbonyl (C=O) groups is 2. The normalized spacial score (nSPS) is 11.8. The second-order valence-electron chi connectivity index (χ2n) is 5.22. The molecule has 0 radical (unpaired) electrons. The predicted molar refractivity (Wildman–Crippen MR) is 80.1 cm³/mol. The summed E-state index contributed by atoms with van der Waals surface area (Å²) in [6.45, 7) is 1.87. The Morgan fingerprint density at radius 2 is 1.78 bits per heavy atom. The first-order valence-electron chi connectivity index (χ1n) is 6.90. The summed E-state index contributed by atoms with van der Waals surface area (Å²) in [6, 6.07) is 8.35. The van der Waals surface area contributed by atoms with Gasteiger partial charge in [-0.15, -0.1) is 0 Å². The van der Waals surface area contributed by atoms with Crippen LogP contribution in [0.1, 0.15) is 21.5 Å². The topological polar surface area (TPSA) is 66.4 Å². The molecule has 0 unspecified atom stereocenters. The van der Waals surface area contributed by atoms with E-state index in [4.69, 9.17) is 0 Å². The van der Waals surface area contributed by atoms with Crippen LogP contribution in [0.4, 0.5) is 8.78 Å². The van der Waals surface area contributed by atoms with E-state index >= 15 is 0 Å². The molecule has 0 heterocycles. The van der Waals surface area contributed by atoms with Gasteiger partial charge in [0.2, 0.25) is 0 Å². The third-order valence-corrected chi connectivity index (χ3v) is 3.25. The number of nitrogens with one attached hydrogen (secondary N) is 1. The summed E-state index contributed by atoms with van der Waals surface area (Å²) in [5.41, 5.74) is 1.44. The molecule has 2 N–H and O–H groups in total. The van der Waals surface area contributed by atoms with Crippen LogP contribution in [-0.2, 0) is 11.2 Å². The van der Waals surface area contributed by atoms with Crippen molar-refractivity contribution in [2.24, 2.45) is 0 Å². The average Bonchev–Trinajstić information content (AvgIpc) is 2.45. The number of rotatable bonds is 5. The number of benzene rings is 2. The standard InChI is InChI=1S/C17H15F2NO3/c1-10-3-2-4-11(5-10)6-15(17(22)23)20-16(21)12-7-13(18)9-14(19)8-12/h2-5,7-9,15H,6H2,1H3,(H,20,21)(H,22,23)/t15-/m0/s1. The van der Waals surface area contributed by atoms with E-state index < -0.39 is 29.6 Å². The molecule has 1 amide bonds. The van der Waals surface area contributed by atoms with Crippen molar-refractivity contribution in [1.82, 2.24) is 5.32 Å². The van der Waals surface area contributed by atoms with Crippen LogP contribution in [0.15, 0.2) is 42.5 Å². The lowest BCUT2D eigenvalue weighted by molar-refractivity contribution is -0.139. The SMILES string of the molecule is Cc1cccc(C[C@H](NC(=O)c2cc(F)cc(F)c2)C(=O)O)c1. The van der Waals surface area contributed by atoms with E-state index in [2.05, 4.69) is 5.32 Å². The van der Waals surface area contributed by atoms with Gasteiger partial charge < -0.3 is 10.4 Å². The minimum atomic E-state index is -1.23. The molecule has 0 bridgehead atoms. The van der Waals surface area contributed by atoms with E-state index in [0.717, 1.165) is 23.3 Å². The third kappa shape index (κ3) is 4.60. The zero-order chi connectivity index (χ0) is 17.0. The first-order valence-corrected chi connectivity index (χ1v) is 6.90. The first-order chi connectivity index (χ1) is 10.8. The van der Waals surface area contributed by atoms with E-state index in [1.807, 2.05) is 19.1 Å². The lowest BCUT2D eigenvalue weighted by Gasteiger charge is -2.15. The summed E-state index contributed by atoms with van der Waals surface area (Å²) in [6.07, 6.45) is 0.0700. The number of carbonyl (C=O) groups excluding carboxylic acids is 1. The average molecular weight is 319 g/mol. The highest BCUT2D eigenvalue weighted by atomic mass is 19.1. The Balaban J connectivity index is 2.15. The lowest BCUT2D eigenvalue weighted by atomic mass is 10.0. The quantitative estimate of drug-likeness (QED) is 0.890. The molecule has 0 saturated heterocycles. The van der Waals surface area contributed by atoms with Gasteiger partial charge in [-0.3, -0.25) is 4.79 Å². The summed E-state index contributed by atoms with van der Waals surface area (Å²) < 4.78 is 26.3. The van der Waals surface area contributed by atoms with Crippen molar-refractivity contribution in [3.05, 3.63) is 70.8 Å². The van der Waals surface area contributed by atoms with Crippen molar-refractivity contribution < 1.29 is 23.5 Å². The fourth-order valence-electron chi connectivity index (χ4n) is 2.20. The monoisotopic (exact) mass is 319 g/mol. The Hall–Kier alpha value is -2.76.